The summed E-state index contributed by atoms with van der Waals surface area (Å²) in [5.41, 5.74) is -0.540. The molecule has 1 saturated carbocycles. The second kappa shape index (κ2) is 8.17. The monoisotopic (exact) mass is 487 g/mol. The fourth-order valence-corrected chi connectivity index (χ4v) is 4.92. The second-order valence-electron chi connectivity index (χ2n) is 8.91. The molecule has 182 valence electrons. The fourth-order valence-electron chi connectivity index (χ4n) is 4.92. The van der Waals surface area contributed by atoms with Gasteiger partial charge in [-0.25, -0.2) is 9.37 Å². The van der Waals surface area contributed by atoms with E-state index in [0.717, 1.165) is 18.3 Å². The van der Waals surface area contributed by atoms with Gasteiger partial charge in [-0.1, -0.05) is 0 Å². The number of alkyl halides is 3. The van der Waals surface area contributed by atoms with Crippen molar-refractivity contribution in [2.75, 3.05) is 25.0 Å². The maximum Gasteiger partial charge on any atom is 0.416 e. The highest BCUT2D eigenvalue weighted by molar-refractivity contribution is 5.94. The zero-order valence-electron chi connectivity index (χ0n) is 18.8. The first-order chi connectivity index (χ1) is 16.6. The van der Waals surface area contributed by atoms with Gasteiger partial charge >= 0.3 is 6.18 Å². The Hall–Kier alpha value is -3.76. The molecule has 5 rings (SSSR count). The third kappa shape index (κ3) is 4.04. The maximum absolute atomic E-state index is 14.2. The molecule has 0 bridgehead atoms. The molecule has 1 aromatic carbocycles. The van der Waals surface area contributed by atoms with Gasteiger partial charge in [0.15, 0.2) is 5.82 Å². The average Bonchev–Trinajstić information content (AvgIpc) is 3.32. The number of likely N-dealkylation sites (tertiary alicyclic amines) is 1. The Bertz CT molecular complexity index is 1340. The summed E-state index contributed by atoms with van der Waals surface area (Å²) in [5.74, 6) is -0.243. The predicted molar refractivity (Wildman–Crippen MR) is 119 cm³/mol. The number of rotatable bonds is 4. The smallest absolute Gasteiger partial charge is 0.342 e. The Kier molecular flexibility index (Phi) is 5.37. The van der Waals surface area contributed by atoms with E-state index >= 15 is 0 Å². The van der Waals surface area contributed by atoms with Crippen molar-refractivity contribution in [2.24, 2.45) is 18.9 Å². The number of fused-ring (bicyclic) bond motifs is 1. The van der Waals surface area contributed by atoms with Crippen molar-refractivity contribution >= 4 is 11.9 Å². The van der Waals surface area contributed by atoms with Crippen molar-refractivity contribution < 1.29 is 22.4 Å². The first kappa shape index (κ1) is 23.0. The molecular formula is C24H21F4N5O2. The summed E-state index contributed by atoms with van der Waals surface area (Å²) in [5, 5.41) is 0. The number of hydrogen-bond acceptors (Lipinski definition) is 5. The van der Waals surface area contributed by atoms with Gasteiger partial charge in [0, 0.05) is 68.5 Å². The van der Waals surface area contributed by atoms with Gasteiger partial charge in [0.25, 0.3) is 11.5 Å². The van der Waals surface area contributed by atoms with E-state index in [1.54, 1.807) is 19.0 Å². The molecule has 0 spiro atoms. The van der Waals surface area contributed by atoms with Crippen molar-refractivity contribution in [1.82, 2.24) is 19.4 Å². The van der Waals surface area contributed by atoms with E-state index in [9.17, 15) is 27.2 Å². The molecule has 0 N–H and O–H groups in total. The molecule has 2 fully saturated rings. The molecule has 2 aliphatic rings. The van der Waals surface area contributed by atoms with Crippen LogP contribution in [-0.2, 0) is 13.2 Å². The Labute approximate surface area is 197 Å². The summed E-state index contributed by atoms with van der Waals surface area (Å²) in [4.78, 5) is 37.1. The predicted octanol–water partition coefficient (Wildman–Crippen LogP) is 3.21. The van der Waals surface area contributed by atoms with Crippen LogP contribution in [0, 0.1) is 17.7 Å². The van der Waals surface area contributed by atoms with Crippen LogP contribution >= 0.6 is 0 Å². The molecule has 1 aliphatic carbocycles. The number of anilines is 1. The van der Waals surface area contributed by atoms with Gasteiger partial charge in [-0.05, 0) is 30.3 Å². The summed E-state index contributed by atoms with van der Waals surface area (Å²) in [6, 6.07) is 6.97. The lowest BCUT2D eigenvalue weighted by molar-refractivity contribution is -0.137. The van der Waals surface area contributed by atoms with Crippen molar-refractivity contribution in [2.45, 2.75) is 12.2 Å². The van der Waals surface area contributed by atoms with E-state index in [1.807, 2.05) is 4.90 Å². The molecule has 0 unspecified atom stereocenters. The molecule has 1 saturated heterocycles. The molecule has 3 atom stereocenters. The van der Waals surface area contributed by atoms with Crippen LogP contribution in [0.4, 0.5) is 23.5 Å². The molecule has 7 nitrogen and oxygen atoms in total. The largest absolute Gasteiger partial charge is 0.416 e. The van der Waals surface area contributed by atoms with E-state index < -0.39 is 17.6 Å². The van der Waals surface area contributed by atoms with E-state index in [4.69, 9.17) is 0 Å². The topological polar surface area (TPSA) is 71.3 Å². The number of carbonyl (C=O) groups is 1. The zero-order chi connectivity index (χ0) is 25.1. The molecule has 2 aromatic heterocycles. The number of piperidine rings is 1. The standard InChI is InChI=1S/C24H21F4N5O2/c1-31-20(34)9-19(15-7-8-29-10-18(15)25)30-23(31)32(2)21-16-11-33(12-17(16)21)22(35)13-3-5-14(6-4-13)24(26,27)28/h3-10,16-17,21H,11-12H2,1-2H3/t16-,17+,21-. The number of nitrogens with zero attached hydrogens (tertiary/aromatic N) is 5. The van der Waals surface area contributed by atoms with E-state index in [2.05, 4.69) is 9.97 Å². The second-order valence-corrected chi connectivity index (χ2v) is 8.91. The minimum Gasteiger partial charge on any atom is -0.342 e. The SMILES string of the molecule is CN(c1nc(-c2ccncc2F)cc(=O)n1C)[C@@H]1[C@@H]2CN(C(=O)c3ccc(C(F)(F)F)cc3)C[C@@H]21. The molecular weight excluding hydrogens is 466 g/mol. The molecule has 35 heavy (non-hydrogen) atoms. The lowest BCUT2D eigenvalue weighted by Crippen LogP contribution is -2.38. The summed E-state index contributed by atoms with van der Waals surface area (Å²) in [6.45, 7) is 0.901. The quantitative estimate of drug-likeness (QED) is 0.529. The van der Waals surface area contributed by atoms with Crippen molar-refractivity contribution in [3.63, 3.8) is 0 Å². The highest BCUT2D eigenvalue weighted by Crippen LogP contribution is 2.49. The third-order valence-corrected chi connectivity index (χ3v) is 6.82. The Balaban J connectivity index is 1.30. The van der Waals surface area contributed by atoms with Crippen molar-refractivity contribution in [1.29, 1.82) is 0 Å². The Morgan fingerprint density at radius 1 is 1.11 bits per heavy atom. The van der Waals surface area contributed by atoms with Crippen molar-refractivity contribution in [3.05, 3.63) is 76.1 Å². The minimum atomic E-state index is -4.46. The van der Waals surface area contributed by atoms with Crippen LogP contribution in [0.5, 0.6) is 0 Å². The van der Waals surface area contributed by atoms with E-state index in [-0.39, 0.29) is 46.2 Å². The van der Waals surface area contributed by atoms with Gasteiger partial charge in [-0.2, -0.15) is 13.2 Å². The number of halogens is 4. The molecule has 11 heteroatoms. The van der Waals surface area contributed by atoms with Gasteiger partial charge in [0.2, 0.25) is 5.95 Å². The van der Waals surface area contributed by atoms with Gasteiger partial charge < -0.3 is 9.80 Å². The lowest BCUT2D eigenvalue weighted by Gasteiger charge is -2.26. The van der Waals surface area contributed by atoms with Gasteiger partial charge in [0.05, 0.1) is 17.5 Å². The summed E-state index contributed by atoms with van der Waals surface area (Å²) < 4.78 is 54.0. The van der Waals surface area contributed by atoms with Gasteiger partial charge in [-0.3, -0.25) is 19.1 Å². The number of pyridine rings is 1. The normalized spacial score (nSPS) is 21.1. The maximum atomic E-state index is 14.2. The first-order valence-corrected chi connectivity index (χ1v) is 10.9. The number of amides is 1. The lowest BCUT2D eigenvalue weighted by atomic mass is 10.1. The minimum absolute atomic E-state index is 0.0299. The van der Waals surface area contributed by atoms with Crippen LogP contribution in [0.1, 0.15) is 15.9 Å². The van der Waals surface area contributed by atoms with Crippen LogP contribution in [0.2, 0.25) is 0 Å². The average molecular weight is 487 g/mol. The summed E-state index contributed by atoms with van der Waals surface area (Å²) >= 11 is 0. The fraction of sp³-hybridized carbons (Fsp3) is 0.333. The van der Waals surface area contributed by atoms with Crippen LogP contribution in [0.15, 0.2) is 53.6 Å². The Morgan fingerprint density at radius 2 is 1.77 bits per heavy atom. The molecule has 3 heterocycles. The number of carbonyl (C=O) groups excluding carboxylic acids is 1. The summed E-state index contributed by atoms with van der Waals surface area (Å²) in [6.07, 6.45) is -1.97. The molecule has 1 amide bonds. The van der Waals surface area contributed by atoms with Crippen LogP contribution in [0.3, 0.4) is 0 Å². The Morgan fingerprint density at radius 3 is 2.37 bits per heavy atom. The van der Waals surface area contributed by atoms with Crippen molar-refractivity contribution in [3.8, 4) is 11.3 Å². The van der Waals surface area contributed by atoms with Crippen LogP contribution < -0.4 is 10.5 Å². The number of benzene rings is 1. The number of hydrogen-bond donors (Lipinski definition) is 0. The first-order valence-electron chi connectivity index (χ1n) is 10.9. The highest BCUT2D eigenvalue weighted by Gasteiger charge is 2.59. The van der Waals surface area contributed by atoms with E-state index in [0.29, 0.717) is 19.0 Å². The zero-order valence-corrected chi connectivity index (χ0v) is 18.8. The van der Waals surface area contributed by atoms with Crippen LogP contribution in [-0.4, -0.2) is 51.5 Å². The summed E-state index contributed by atoms with van der Waals surface area (Å²) in [7, 11) is 3.39. The molecule has 0 radical (unpaired) electrons. The van der Waals surface area contributed by atoms with Crippen LogP contribution in [0.25, 0.3) is 11.3 Å². The third-order valence-electron chi connectivity index (χ3n) is 6.82. The molecule has 3 aromatic rings. The van der Waals surface area contributed by atoms with E-state index in [1.165, 1.54) is 35.0 Å². The van der Waals surface area contributed by atoms with Gasteiger partial charge in [0.1, 0.15) is 0 Å². The number of aromatic nitrogens is 3. The van der Waals surface area contributed by atoms with Gasteiger partial charge in [-0.15, -0.1) is 0 Å². The highest BCUT2D eigenvalue weighted by atomic mass is 19.4. The molecule has 1 aliphatic heterocycles.